The van der Waals surface area contributed by atoms with E-state index in [4.69, 9.17) is 18.9 Å². The Hall–Kier alpha value is -2.79. The van der Waals surface area contributed by atoms with Gasteiger partial charge in [-0.15, -0.1) is 0 Å². The largest absolute Gasteiger partial charge is 0.494 e. The summed E-state index contributed by atoms with van der Waals surface area (Å²) in [6.07, 6.45) is 1.48. The Labute approximate surface area is 189 Å². The maximum absolute atomic E-state index is 13.0. The van der Waals surface area contributed by atoms with Crippen molar-refractivity contribution < 1.29 is 23.7 Å². The van der Waals surface area contributed by atoms with E-state index in [2.05, 4.69) is 20.2 Å². The number of fused-ring (bicyclic) bond motifs is 1. The first kappa shape index (κ1) is 21.1. The van der Waals surface area contributed by atoms with Crippen LogP contribution in [0.1, 0.15) is 22.0 Å². The minimum Gasteiger partial charge on any atom is -0.494 e. The molecular formula is C22H24N4O5S. The maximum Gasteiger partial charge on any atom is 0.257 e. The van der Waals surface area contributed by atoms with Crippen molar-refractivity contribution in [2.45, 2.75) is 6.10 Å². The van der Waals surface area contributed by atoms with Gasteiger partial charge in [0.05, 0.1) is 44.8 Å². The fraction of sp³-hybridized carbons (Fsp3) is 0.409. The molecule has 2 aliphatic heterocycles. The van der Waals surface area contributed by atoms with Crippen molar-refractivity contribution >= 4 is 38.4 Å². The van der Waals surface area contributed by atoms with Crippen LogP contribution >= 0.6 is 11.3 Å². The topological polar surface area (TPSA) is 95.0 Å². The predicted molar refractivity (Wildman–Crippen MR) is 121 cm³/mol. The number of carbonyl (C=O) groups excluding carboxylic acids is 1. The van der Waals surface area contributed by atoms with Gasteiger partial charge in [-0.3, -0.25) is 10.1 Å². The van der Waals surface area contributed by atoms with E-state index < -0.39 is 0 Å². The van der Waals surface area contributed by atoms with Crippen molar-refractivity contribution in [3.8, 4) is 5.75 Å². The van der Waals surface area contributed by atoms with Crippen molar-refractivity contribution in [1.29, 1.82) is 0 Å². The second kappa shape index (κ2) is 9.37. The molecule has 32 heavy (non-hydrogen) atoms. The predicted octanol–water partition coefficient (Wildman–Crippen LogP) is 2.88. The van der Waals surface area contributed by atoms with E-state index in [1.807, 2.05) is 12.1 Å². The first-order valence-electron chi connectivity index (χ1n) is 10.5. The number of rotatable bonds is 5. The summed E-state index contributed by atoms with van der Waals surface area (Å²) < 4.78 is 23.3. The number of nitrogens with zero attached hydrogens (tertiary/aromatic N) is 3. The van der Waals surface area contributed by atoms with Crippen molar-refractivity contribution in [2.75, 3.05) is 63.5 Å². The summed E-state index contributed by atoms with van der Waals surface area (Å²) in [7, 11) is 1.61. The van der Waals surface area contributed by atoms with Gasteiger partial charge in [0, 0.05) is 30.4 Å². The van der Waals surface area contributed by atoms with Crippen molar-refractivity contribution in [2.24, 2.45) is 0 Å². The van der Waals surface area contributed by atoms with Gasteiger partial charge in [0.2, 0.25) is 0 Å². The average molecular weight is 457 g/mol. The van der Waals surface area contributed by atoms with Crippen LogP contribution in [0.5, 0.6) is 5.75 Å². The van der Waals surface area contributed by atoms with E-state index in [-0.39, 0.29) is 12.0 Å². The smallest absolute Gasteiger partial charge is 0.257 e. The average Bonchev–Trinajstić information content (AvgIpc) is 3.28. The summed E-state index contributed by atoms with van der Waals surface area (Å²) in [5.74, 6) is 1.18. The lowest BCUT2D eigenvalue weighted by Gasteiger charge is -2.27. The molecule has 2 aromatic heterocycles. The number of amides is 1. The van der Waals surface area contributed by atoms with Crippen LogP contribution in [0.25, 0.3) is 10.2 Å². The Morgan fingerprint density at radius 1 is 1.19 bits per heavy atom. The fourth-order valence-electron chi connectivity index (χ4n) is 3.84. The number of carbonyl (C=O) groups is 1. The van der Waals surface area contributed by atoms with Crippen LogP contribution in [0.15, 0.2) is 30.5 Å². The van der Waals surface area contributed by atoms with Crippen molar-refractivity contribution in [3.63, 3.8) is 0 Å². The molecule has 0 bridgehead atoms. The van der Waals surface area contributed by atoms with Crippen LogP contribution in [0.3, 0.4) is 0 Å². The van der Waals surface area contributed by atoms with Crippen LogP contribution < -0.4 is 15.0 Å². The zero-order chi connectivity index (χ0) is 21.9. The molecule has 1 aromatic carbocycles. The van der Waals surface area contributed by atoms with Crippen LogP contribution in [-0.2, 0) is 14.2 Å². The molecule has 0 saturated carbocycles. The van der Waals surface area contributed by atoms with Crippen LogP contribution in [0.2, 0.25) is 0 Å². The van der Waals surface area contributed by atoms with E-state index in [1.165, 1.54) is 11.3 Å². The molecule has 1 amide bonds. The second-order valence-corrected chi connectivity index (χ2v) is 8.44. The summed E-state index contributed by atoms with van der Waals surface area (Å²) in [5, 5.41) is 3.43. The molecule has 0 aliphatic carbocycles. The monoisotopic (exact) mass is 456 g/mol. The highest BCUT2D eigenvalue weighted by Crippen LogP contribution is 2.39. The van der Waals surface area contributed by atoms with E-state index in [0.29, 0.717) is 55.0 Å². The number of anilines is 2. The lowest BCUT2D eigenvalue weighted by atomic mass is 10.1. The molecule has 1 unspecified atom stereocenters. The van der Waals surface area contributed by atoms with E-state index in [0.717, 1.165) is 29.2 Å². The molecule has 5 rings (SSSR count). The number of benzene rings is 1. The number of pyridine rings is 1. The summed E-state index contributed by atoms with van der Waals surface area (Å²) in [6, 6.07) is 7.35. The summed E-state index contributed by atoms with van der Waals surface area (Å²) in [4.78, 5) is 24.1. The normalized spacial score (nSPS) is 19.2. The minimum atomic E-state index is -0.237. The van der Waals surface area contributed by atoms with Gasteiger partial charge in [-0.05, 0) is 18.2 Å². The molecule has 168 valence electrons. The molecular weight excluding hydrogens is 432 g/mol. The number of nitrogens with one attached hydrogen (secondary N) is 1. The van der Waals surface area contributed by atoms with Gasteiger partial charge >= 0.3 is 0 Å². The number of methoxy groups -OCH3 is 1. The lowest BCUT2D eigenvalue weighted by molar-refractivity contribution is -0.0895. The Morgan fingerprint density at radius 2 is 2.06 bits per heavy atom. The highest BCUT2D eigenvalue weighted by atomic mass is 32.1. The van der Waals surface area contributed by atoms with Crippen molar-refractivity contribution in [3.05, 3.63) is 41.6 Å². The molecule has 2 fully saturated rings. The molecule has 2 aliphatic rings. The fourth-order valence-corrected chi connectivity index (χ4v) is 4.87. The van der Waals surface area contributed by atoms with E-state index >= 15 is 0 Å². The van der Waals surface area contributed by atoms with Crippen LogP contribution in [0, 0.1) is 0 Å². The maximum atomic E-state index is 13.0. The highest BCUT2D eigenvalue weighted by molar-refractivity contribution is 7.22. The number of hydrogen-bond acceptors (Lipinski definition) is 9. The summed E-state index contributed by atoms with van der Waals surface area (Å²) in [5.41, 5.74) is 2.21. The number of ether oxygens (including phenoxy) is 4. The number of morpholine rings is 1. The number of hydrogen-bond donors (Lipinski definition) is 1. The third-order valence-corrected chi connectivity index (χ3v) is 6.50. The molecule has 1 N–H and O–H groups in total. The van der Waals surface area contributed by atoms with E-state index in [9.17, 15) is 4.79 Å². The Kier molecular flexibility index (Phi) is 6.17. The third kappa shape index (κ3) is 4.26. The molecule has 0 radical (unpaired) electrons. The van der Waals surface area contributed by atoms with Gasteiger partial charge in [-0.2, -0.15) is 0 Å². The second-order valence-electron chi connectivity index (χ2n) is 7.44. The third-order valence-electron chi connectivity index (χ3n) is 5.48. The van der Waals surface area contributed by atoms with Crippen LogP contribution in [-0.4, -0.2) is 69.1 Å². The van der Waals surface area contributed by atoms with Gasteiger partial charge in [0.1, 0.15) is 23.2 Å². The summed E-state index contributed by atoms with van der Waals surface area (Å²) in [6.45, 7) is 4.46. The van der Waals surface area contributed by atoms with Crippen molar-refractivity contribution in [1.82, 2.24) is 9.97 Å². The first-order chi connectivity index (χ1) is 15.7. The van der Waals surface area contributed by atoms with Gasteiger partial charge < -0.3 is 23.8 Å². The standard InChI is InChI=1S/C22H24N4O5S/c1-28-16-3-2-15(17-13-30-10-11-31-17)20-19(16)24-22(32-20)25-21(27)14-4-5-23-18(12-14)26-6-8-29-9-7-26/h2-5,12,17H,6-11,13H2,1H3,(H,24,25,27). The molecule has 9 nitrogen and oxygen atoms in total. The van der Waals surface area contributed by atoms with Crippen LogP contribution in [0.4, 0.5) is 10.9 Å². The van der Waals surface area contributed by atoms with Gasteiger partial charge in [-0.25, -0.2) is 9.97 Å². The molecule has 3 aromatic rings. The molecule has 0 spiro atoms. The molecule has 10 heteroatoms. The number of thiazole rings is 1. The van der Waals surface area contributed by atoms with Gasteiger partial charge in [0.25, 0.3) is 5.91 Å². The minimum absolute atomic E-state index is 0.169. The number of aromatic nitrogens is 2. The highest BCUT2D eigenvalue weighted by Gasteiger charge is 2.23. The SMILES string of the molecule is COc1ccc(C2COCCO2)c2sc(NC(=O)c3ccnc(N4CCOCC4)c3)nc12. The first-order valence-corrected chi connectivity index (χ1v) is 11.3. The quantitative estimate of drug-likeness (QED) is 0.626. The Balaban J connectivity index is 1.41. The Bertz CT molecular complexity index is 1110. The Morgan fingerprint density at radius 3 is 2.84 bits per heavy atom. The van der Waals surface area contributed by atoms with E-state index in [1.54, 1.807) is 25.4 Å². The lowest BCUT2D eigenvalue weighted by Crippen LogP contribution is -2.36. The zero-order valence-electron chi connectivity index (χ0n) is 17.7. The van der Waals surface area contributed by atoms with Gasteiger partial charge in [0.15, 0.2) is 5.13 Å². The molecule has 4 heterocycles. The molecule has 2 saturated heterocycles. The van der Waals surface area contributed by atoms with Gasteiger partial charge in [-0.1, -0.05) is 17.4 Å². The molecule has 1 atom stereocenters. The zero-order valence-corrected chi connectivity index (χ0v) is 18.5. The summed E-state index contributed by atoms with van der Waals surface area (Å²) >= 11 is 1.40.